The topological polar surface area (TPSA) is 9.86 Å². The van der Waals surface area contributed by atoms with Gasteiger partial charge in [-0.2, -0.15) is 0 Å². The number of benzene rings is 2. The molecule has 0 saturated carbocycles. The molecule has 4 rings (SSSR count). The van der Waals surface area contributed by atoms with Crippen molar-refractivity contribution in [1.29, 1.82) is 0 Å². The molecule has 0 amide bonds. The average molecular weight is 316 g/mol. The molecule has 0 atom stereocenters. The lowest BCUT2D eigenvalue weighted by Gasteiger charge is -2.06. The first-order valence-corrected chi connectivity index (χ1v) is 8.73. The van der Waals surface area contributed by atoms with Crippen LogP contribution in [0.4, 0.5) is 0 Å². The van der Waals surface area contributed by atoms with Crippen LogP contribution in [0.1, 0.15) is 29.4 Å². The quantitative estimate of drug-likeness (QED) is 0.481. The van der Waals surface area contributed by atoms with Gasteiger partial charge in [-0.25, -0.2) is 0 Å². The number of nitrogens with zero attached hydrogens (tertiary/aromatic N) is 2. The highest BCUT2D eigenvalue weighted by atomic mass is 15.0. The van der Waals surface area contributed by atoms with E-state index in [1.54, 1.807) is 0 Å². The highest BCUT2D eigenvalue weighted by Crippen LogP contribution is 2.32. The maximum atomic E-state index is 2.44. The van der Waals surface area contributed by atoms with Crippen LogP contribution in [-0.2, 0) is 20.0 Å². The van der Waals surface area contributed by atoms with Crippen molar-refractivity contribution in [1.82, 2.24) is 9.13 Å². The molecule has 0 fully saturated rings. The highest BCUT2D eigenvalue weighted by Gasteiger charge is 2.17. The van der Waals surface area contributed by atoms with Crippen LogP contribution in [-0.4, -0.2) is 9.13 Å². The van der Waals surface area contributed by atoms with E-state index in [0.29, 0.717) is 0 Å². The second kappa shape index (κ2) is 5.55. The second-order valence-electron chi connectivity index (χ2n) is 6.64. The molecule has 2 heteroatoms. The summed E-state index contributed by atoms with van der Waals surface area (Å²) in [5, 5.41) is 2.77. The van der Waals surface area contributed by atoms with Crippen molar-refractivity contribution in [3.05, 3.63) is 71.0 Å². The van der Waals surface area contributed by atoms with E-state index in [0.717, 1.165) is 13.0 Å². The van der Waals surface area contributed by atoms with Gasteiger partial charge < -0.3 is 9.13 Å². The number of hydrogen-bond donors (Lipinski definition) is 0. The lowest BCUT2D eigenvalue weighted by Crippen LogP contribution is -1.99. The Labute approximate surface area is 143 Å². The zero-order valence-corrected chi connectivity index (χ0v) is 14.9. The molecule has 122 valence electrons. The van der Waals surface area contributed by atoms with Gasteiger partial charge in [0.1, 0.15) is 0 Å². The van der Waals surface area contributed by atoms with Gasteiger partial charge in [-0.15, -0.1) is 0 Å². The molecular formula is C22H24N2. The number of hydrogen-bond acceptors (Lipinski definition) is 0. The summed E-state index contributed by atoms with van der Waals surface area (Å²) in [5.41, 5.74) is 8.35. The number of aromatic nitrogens is 2. The average Bonchev–Trinajstić information content (AvgIpc) is 3.02. The van der Waals surface area contributed by atoms with Crippen molar-refractivity contribution in [3.8, 4) is 0 Å². The van der Waals surface area contributed by atoms with Crippen LogP contribution in [0.3, 0.4) is 0 Å². The molecule has 2 heterocycles. The van der Waals surface area contributed by atoms with Crippen molar-refractivity contribution < 1.29 is 0 Å². The van der Waals surface area contributed by atoms with E-state index in [1.165, 1.54) is 44.3 Å². The molecule has 2 nitrogen and oxygen atoms in total. The van der Waals surface area contributed by atoms with Crippen LogP contribution in [0.2, 0.25) is 0 Å². The van der Waals surface area contributed by atoms with Gasteiger partial charge in [-0.3, -0.25) is 0 Å². The summed E-state index contributed by atoms with van der Waals surface area (Å²) in [6.07, 6.45) is 0.993. The molecule has 0 aliphatic carbocycles. The maximum Gasteiger partial charge on any atom is 0.0485 e. The van der Waals surface area contributed by atoms with Gasteiger partial charge in [0.25, 0.3) is 0 Å². The van der Waals surface area contributed by atoms with E-state index in [4.69, 9.17) is 0 Å². The standard InChI is InChI=1S/C22H24N2/c1-5-24-16(3)20(18-11-7-9-13-22(18)24)14-19-15(2)23(4)21-12-8-6-10-17(19)21/h6-13H,5,14H2,1-4H3. The largest absolute Gasteiger partial charge is 0.348 e. The fraction of sp³-hybridized carbons (Fsp3) is 0.273. The Bertz CT molecular complexity index is 1050. The Balaban J connectivity index is 1.96. The maximum absolute atomic E-state index is 2.44. The van der Waals surface area contributed by atoms with Gasteiger partial charge in [0, 0.05) is 53.2 Å². The third-order valence-corrected chi connectivity index (χ3v) is 5.56. The third-order valence-electron chi connectivity index (χ3n) is 5.56. The molecule has 0 saturated heterocycles. The minimum atomic E-state index is 0.993. The van der Waals surface area contributed by atoms with Gasteiger partial charge in [0.15, 0.2) is 0 Å². The first-order valence-electron chi connectivity index (χ1n) is 8.73. The van der Waals surface area contributed by atoms with Crippen LogP contribution in [0.5, 0.6) is 0 Å². The fourth-order valence-corrected chi connectivity index (χ4v) is 4.13. The zero-order chi connectivity index (χ0) is 16.8. The predicted octanol–water partition coefficient (Wildman–Crippen LogP) is 5.36. The first kappa shape index (κ1) is 15.1. The first-order chi connectivity index (χ1) is 11.6. The van der Waals surface area contributed by atoms with Crippen LogP contribution >= 0.6 is 0 Å². The van der Waals surface area contributed by atoms with Crippen molar-refractivity contribution in [3.63, 3.8) is 0 Å². The smallest absolute Gasteiger partial charge is 0.0485 e. The molecular weight excluding hydrogens is 292 g/mol. The summed E-state index contributed by atoms with van der Waals surface area (Å²) < 4.78 is 4.75. The Morgan fingerprint density at radius 2 is 1.29 bits per heavy atom. The number of fused-ring (bicyclic) bond motifs is 2. The number of para-hydroxylation sites is 2. The summed E-state index contributed by atoms with van der Waals surface area (Å²) >= 11 is 0. The summed E-state index contributed by atoms with van der Waals surface area (Å²) in [7, 11) is 2.17. The highest BCUT2D eigenvalue weighted by molar-refractivity contribution is 5.89. The molecule has 2 aromatic heterocycles. The van der Waals surface area contributed by atoms with Crippen LogP contribution in [0.15, 0.2) is 48.5 Å². The molecule has 0 radical (unpaired) electrons. The van der Waals surface area contributed by atoms with Crippen molar-refractivity contribution in [2.75, 3.05) is 0 Å². The lowest BCUT2D eigenvalue weighted by molar-refractivity contribution is 0.763. The SMILES string of the molecule is CCn1c(C)c(Cc2c(C)n(C)c3ccccc23)c2ccccc21. The summed E-state index contributed by atoms with van der Waals surface area (Å²) in [6, 6.07) is 17.5. The summed E-state index contributed by atoms with van der Waals surface area (Å²) in [6.45, 7) is 7.75. The second-order valence-corrected chi connectivity index (χ2v) is 6.64. The van der Waals surface area contributed by atoms with E-state index in [2.05, 4.69) is 85.5 Å². The Kier molecular flexibility index (Phi) is 3.49. The molecule has 0 bridgehead atoms. The Morgan fingerprint density at radius 1 is 0.750 bits per heavy atom. The predicted molar refractivity (Wildman–Crippen MR) is 103 cm³/mol. The van der Waals surface area contributed by atoms with Crippen molar-refractivity contribution >= 4 is 21.8 Å². The Morgan fingerprint density at radius 3 is 1.96 bits per heavy atom. The Hall–Kier alpha value is -2.48. The van der Waals surface area contributed by atoms with Gasteiger partial charge >= 0.3 is 0 Å². The summed E-state index contributed by atoms with van der Waals surface area (Å²) in [4.78, 5) is 0. The molecule has 4 aromatic rings. The van der Waals surface area contributed by atoms with Crippen molar-refractivity contribution in [2.45, 2.75) is 33.7 Å². The van der Waals surface area contributed by atoms with Gasteiger partial charge in [0.05, 0.1) is 0 Å². The normalized spacial score (nSPS) is 11.7. The minimum Gasteiger partial charge on any atom is -0.348 e. The molecule has 0 unspecified atom stereocenters. The minimum absolute atomic E-state index is 0.993. The molecule has 0 spiro atoms. The van der Waals surface area contributed by atoms with Crippen molar-refractivity contribution in [2.24, 2.45) is 7.05 Å². The van der Waals surface area contributed by atoms with E-state index < -0.39 is 0 Å². The molecule has 0 aliphatic heterocycles. The molecule has 0 N–H and O–H groups in total. The van der Waals surface area contributed by atoms with E-state index in [-0.39, 0.29) is 0 Å². The van der Waals surface area contributed by atoms with Gasteiger partial charge in [-0.1, -0.05) is 36.4 Å². The number of aryl methyl sites for hydroxylation is 2. The summed E-state index contributed by atoms with van der Waals surface area (Å²) in [5.74, 6) is 0. The monoisotopic (exact) mass is 316 g/mol. The van der Waals surface area contributed by atoms with Crippen LogP contribution in [0.25, 0.3) is 21.8 Å². The third kappa shape index (κ3) is 2.02. The van der Waals surface area contributed by atoms with E-state index >= 15 is 0 Å². The van der Waals surface area contributed by atoms with Crippen LogP contribution in [0, 0.1) is 13.8 Å². The van der Waals surface area contributed by atoms with Crippen LogP contribution < -0.4 is 0 Å². The van der Waals surface area contributed by atoms with Gasteiger partial charge in [0.2, 0.25) is 0 Å². The molecule has 2 aromatic carbocycles. The van der Waals surface area contributed by atoms with E-state index in [1.807, 2.05) is 0 Å². The molecule has 0 aliphatic rings. The fourth-order valence-electron chi connectivity index (χ4n) is 4.13. The number of rotatable bonds is 3. The van der Waals surface area contributed by atoms with Gasteiger partial charge in [-0.05, 0) is 44.0 Å². The lowest BCUT2D eigenvalue weighted by atomic mass is 9.99. The van der Waals surface area contributed by atoms with E-state index in [9.17, 15) is 0 Å². The molecule has 24 heavy (non-hydrogen) atoms. The zero-order valence-electron chi connectivity index (χ0n) is 14.9.